The average molecular weight is 787 g/mol. The van der Waals surface area contributed by atoms with Crippen LogP contribution in [0.2, 0.25) is 0 Å². The largest absolute Gasteiger partial charge is 0.478 e. The summed E-state index contributed by atoms with van der Waals surface area (Å²) in [7, 11) is 0. The number of carbonyl (C=O) groups excluding carboxylic acids is 2. The number of halogens is 1. The van der Waals surface area contributed by atoms with E-state index in [1.54, 1.807) is 55.0 Å². The Morgan fingerprint density at radius 1 is 0.966 bits per heavy atom. The molecule has 1 saturated heterocycles. The summed E-state index contributed by atoms with van der Waals surface area (Å²) >= 11 is 0. The number of aliphatic imine (C=N–C) groups is 1. The van der Waals surface area contributed by atoms with Gasteiger partial charge < -0.3 is 21.1 Å². The number of aromatic nitrogens is 2. The number of nitrogens with two attached hydrogens (primary N) is 1. The van der Waals surface area contributed by atoms with Crippen LogP contribution in [0, 0.1) is 5.82 Å². The van der Waals surface area contributed by atoms with Gasteiger partial charge in [0.1, 0.15) is 17.7 Å². The van der Waals surface area contributed by atoms with E-state index in [2.05, 4.69) is 36.7 Å². The number of carboxylic acid groups (broad SMARTS) is 1. The van der Waals surface area contributed by atoms with E-state index >= 15 is 0 Å². The summed E-state index contributed by atoms with van der Waals surface area (Å²) in [6.07, 6.45) is 10.6. The Kier molecular flexibility index (Phi) is 14.3. The number of allylic oxidation sites excluding steroid dienone is 1. The van der Waals surface area contributed by atoms with Crippen molar-refractivity contribution in [3.63, 3.8) is 0 Å². The molecule has 13 heteroatoms. The standard InChI is InChI=1S/C45H51FN8O4/c1-3-19-53(41-25-39(41)33-15-17-38(46)18-16-33)20-5-6-40(51-43(55)34-11-7-31(8-12-34)36(26-47)27-48-4-2)44(56)54-23-21-52(22-24-54)30-42-49-28-37(29-50-42)32-9-13-35(14-10-32)45(57)58/h3,7-18,26-29,39-41H,1,4-6,19-25,30,47H2,2H3,(H,51,55)(H,57,58)/b36-26+,48-27?/t39-,40-,41+/m0/s1. The van der Waals surface area contributed by atoms with Crippen LogP contribution in [-0.2, 0) is 11.3 Å². The molecular formula is C45H51FN8O4. The van der Waals surface area contributed by atoms with Crippen LogP contribution in [0.1, 0.15) is 69.8 Å². The highest BCUT2D eigenvalue weighted by Gasteiger charge is 2.42. The van der Waals surface area contributed by atoms with Crippen LogP contribution in [-0.4, -0.2) is 112 Å². The fourth-order valence-corrected chi connectivity index (χ4v) is 7.36. The summed E-state index contributed by atoms with van der Waals surface area (Å²) in [6.45, 7) is 10.7. The van der Waals surface area contributed by atoms with Crippen molar-refractivity contribution in [1.29, 1.82) is 0 Å². The van der Waals surface area contributed by atoms with E-state index < -0.39 is 12.0 Å². The second-order valence-electron chi connectivity index (χ2n) is 14.6. The average Bonchev–Trinajstić information content (AvgIpc) is 4.05. The van der Waals surface area contributed by atoms with Gasteiger partial charge in [0.05, 0.1) is 12.1 Å². The number of rotatable bonds is 18. The van der Waals surface area contributed by atoms with Crippen LogP contribution in [0.5, 0.6) is 0 Å². The number of nitrogens with zero attached hydrogens (tertiary/aromatic N) is 6. The van der Waals surface area contributed by atoms with Gasteiger partial charge in [0.25, 0.3) is 5.91 Å². The van der Waals surface area contributed by atoms with Gasteiger partial charge in [-0.2, -0.15) is 0 Å². The lowest BCUT2D eigenvalue weighted by atomic mass is 10.0. The van der Waals surface area contributed by atoms with Crippen LogP contribution in [0.4, 0.5) is 4.39 Å². The van der Waals surface area contributed by atoms with E-state index in [4.69, 9.17) is 5.73 Å². The number of amides is 2. The van der Waals surface area contributed by atoms with Crippen molar-refractivity contribution in [3.05, 3.63) is 138 Å². The quantitative estimate of drug-likeness (QED) is 0.0859. The van der Waals surface area contributed by atoms with Crippen LogP contribution in [0.25, 0.3) is 16.7 Å². The second kappa shape index (κ2) is 19.9. The smallest absolute Gasteiger partial charge is 0.335 e. The first-order chi connectivity index (χ1) is 28.2. The van der Waals surface area contributed by atoms with Crippen molar-refractivity contribution in [1.82, 2.24) is 30.0 Å². The number of hydrogen-bond acceptors (Lipinski definition) is 9. The zero-order valence-corrected chi connectivity index (χ0v) is 32.8. The summed E-state index contributed by atoms with van der Waals surface area (Å²) in [5.74, 6) is -0.704. The Labute approximate surface area is 339 Å². The van der Waals surface area contributed by atoms with Crippen molar-refractivity contribution in [2.45, 2.75) is 50.7 Å². The molecule has 0 radical (unpaired) electrons. The van der Waals surface area contributed by atoms with E-state index in [0.29, 0.717) is 82.0 Å². The summed E-state index contributed by atoms with van der Waals surface area (Å²) in [5, 5.41) is 12.2. The number of nitrogens with one attached hydrogen (secondary N) is 1. The number of carbonyl (C=O) groups is 3. The summed E-state index contributed by atoms with van der Waals surface area (Å²) in [6, 6.07) is 20.0. The molecule has 302 valence electrons. The third-order valence-corrected chi connectivity index (χ3v) is 10.7. The lowest BCUT2D eigenvalue weighted by Gasteiger charge is -2.36. The number of aromatic carboxylic acids is 1. The molecule has 0 bridgehead atoms. The zero-order chi connectivity index (χ0) is 41.0. The van der Waals surface area contributed by atoms with E-state index in [0.717, 1.165) is 40.8 Å². The Bertz CT molecular complexity index is 2080. The number of hydrogen-bond donors (Lipinski definition) is 3. The van der Waals surface area contributed by atoms with Crippen molar-refractivity contribution >= 4 is 29.6 Å². The van der Waals surface area contributed by atoms with Crippen molar-refractivity contribution < 1.29 is 23.9 Å². The Hall–Kier alpha value is -6.05. The van der Waals surface area contributed by atoms with Gasteiger partial charge in [-0.15, -0.1) is 6.58 Å². The van der Waals surface area contributed by atoms with Crippen LogP contribution in [0.3, 0.4) is 0 Å². The summed E-state index contributed by atoms with van der Waals surface area (Å²) < 4.78 is 13.6. The Morgan fingerprint density at radius 2 is 1.62 bits per heavy atom. The molecule has 2 fully saturated rings. The van der Waals surface area contributed by atoms with Gasteiger partial charge in [-0.05, 0) is 85.8 Å². The van der Waals surface area contributed by atoms with Gasteiger partial charge >= 0.3 is 5.97 Å². The van der Waals surface area contributed by atoms with Crippen LogP contribution in [0.15, 0.2) is 109 Å². The highest BCUT2D eigenvalue weighted by molar-refractivity contribution is 6.10. The molecule has 12 nitrogen and oxygen atoms in total. The van der Waals surface area contributed by atoms with Gasteiger partial charge in [-0.25, -0.2) is 19.2 Å². The third kappa shape index (κ3) is 10.9. The van der Waals surface area contributed by atoms with Gasteiger partial charge in [-0.1, -0.05) is 42.5 Å². The minimum absolute atomic E-state index is 0.117. The maximum Gasteiger partial charge on any atom is 0.335 e. The van der Waals surface area contributed by atoms with Gasteiger partial charge in [0.2, 0.25) is 5.91 Å². The lowest BCUT2D eigenvalue weighted by Crippen LogP contribution is -2.55. The predicted octanol–water partition coefficient (Wildman–Crippen LogP) is 5.64. The first-order valence-electron chi connectivity index (χ1n) is 19.8. The van der Waals surface area contributed by atoms with Crippen molar-refractivity contribution in [2.24, 2.45) is 10.7 Å². The van der Waals surface area contributed by atoms with Crippen molar-refractivity contribution in [2.75, 3.05) is 45.8 Å². The first kappa shape index (κ1) is 41.6. The minimum Gasteiger partial charge on any atom is -0.478 e. The van der Waals surface area contributed by atoms with Gasteiger partial charge in [0, 0.05) is 92.7 Å². The Morgan fingerprint density at radius 3 is 2.24 bits per heavy atom. The molecule has 1 aliphatic heterocycles. The number of benzene rings is 3. The lowest BCUT2D eigenvalue weighted by molar-refractivity contribution is -0.135. The van der Waals surface area contributed by atoms with E-state index in [1.165, 1.54) is 18.3 Å². The molecule has 6 rings (SSSR count). The molecule has 4 aromatic rings. The molecule has 2 heterocycles. The molecule has 0 spiro atoms. The zero-order valence-electron chi connectivity index (χ0n) is 32.8. The molecule has 3 atom stereocenters. The molecular weight excluding hydrogens is 736 g/mol. The molecule has 1 aliphatic carbocycles. The van der Waals surface area contributed by atoms with E-state index in [9.17, 15) is 23.9 Å². The van der Waals surface area contributed by atoms with Gasteiger partial charge in [0.15, 0.2) is 0 Å². The highest BCUT2D eigenvalue weighted by atomic mass is 19.1. The molecule has 3 aromatic carbocycles. The van der Waals surface area contributed by atoms with Crippen molar-refractivity contribution in [3.8, 4) is 11.1 Å². The predicted molar refractivity (Wildman–Crippen MR) is 224 cm³/mol. The summed E-state index contributed by atoms with van der Waals surface area (Å²) in [4.78, 5) is 58.8. The second-order valence-corrected chi connectivity index (χ2v) is 14.6. The number of piperazine rings is 1. The SMILES string of the molecule is C=CCN(CCC[C@H](NC(=O)c1ccc(/C(C=NCC)=C/N)cc1)C(=O)N1CCN(Cc2ncc(-c3ccc(C(=O)O)cc3)cn2)CC1)[C@@H]1C[C@H]1c1ccc(F)cc1. The maximum atomic E-state index is 14.2. The van der Waals surface area contributed by atoms with E-state index in [-0.39, 0.29) is 23.2 Å². The van der Waals surface area contributed by atoms with Crippen LogP contribution < -0.4 is 11.1 Å². The summed E-state index contributed by atoms with van der Waals surface area (Å²) in [5.41, 5.74) is 10.8. The third-order valence-electron chi connectivity index (χ3n) is 10.7. The van der Waals surface area contributed by atoms with Gasteiger partial charge in [-0.3, -0.25) is 24.4 Å². The Balaban J connectivity index is 1.08. The molecule has 58 heavy (non-hydrogen) atoms. The molecule has 0 unspecified atom stereocenters. The fourth-order valence-electron chi connectivity index (χ4n) is 7.36. The minimum atomic E-state index is -0.978. The molecule has 1 aromatic heterocycles. The molecule has 2 amide bonds. The maximum absolute atomic E-state index is 14.2. The number of carboxylic acids is 1. The molecule has 2 aliphatic rings. The fraction of sp³-hybridized carbons (Fsp3) is 0.333. The normalized spacial score (nSPS) is 17.6. The molecule has 1 saturated carbocycles. The highest BCUT2D eigenvalue weighted by Crippen LogP contribution is 2.44. The molecule has 4 N–H and O–H groups in total. The monoisotopic (exact) mass is 786 g/mol. The first-order valence-corrected chi connectivity index (χ1v) is 19.8. The van der Waals surface area contributed by atoms with Crippen LogP contribution >= 0.6 is 0 Å². The van der Waals surface area contributed by atoms with E-state index in [1.807, 2.05) is 42.2 Å². The topological polar surface area (TPSA) is 157 Å².